The number of nitrogens with zero attached hydrogens (tertiary/aromatic N) is 2. The Morgan fingerprint density at radius 2 is 2.27 bits per heavy atom. The number of benzene rings is 1. The molecule has 0 saturated heterocycles. The molecule has 0 spiro atoms. The van der Waals surface area contributed by atoms with Crippen molar-refractivity contribution in [3.63, 3.8) is 0 Å². The maximum Gasteiger partial charge on any atom is 0.252 e. The zero-order valence-corrected chi connectivity index (χ0v) is 14.4. The van der Waals surface area contributed by atoms with Crippen LogP contribution < -0.4 is 4.74 Å². The van der Waals surface area contributed by atoms with E-state index < -0.39 is 0 Å². The van der Waals surface area contributed by atoms with Gasteiger partial charge in [-0.1, -0.05) is 32.7 Å². The lowest BCUT2D eigenvalue weighted by molar-refractivity contribution is 0.0894. The van der Waals surface area contributed by atoms with Gasteiger partial charge in [0.15, 0.2) is 6.10 Å². The van der Waals surface area contributed by atoms with Gasteiger partial charge in [0.25, 0.3) is 5.89 Å². The highest BCUT2D eigenvalue weighted by Crippen LogP contribution is 2.31. The highest BCUT2D eigenvalue weighted by atomic mass is 79.9. The van der Waals surface area contributed by atoms with Crippen LogP contribution in [0.25, 0.3) is 0 Å². The molecule has 0 radical (unpaired) electrons. The fraction of sp³-hybridized carbons (Fsp3) is 0.467. The minimum atomic E-state index is -0.361. The van der Waals surface area contributed by atoms with Crippen LogP contribution in [0.1, 0.15) is 37.6 Å². The fourth-order valence-corrected chi connectivity index (χ4v) is 2.62. The molecular weight excluding hydrogens is 372 g/mol. The van der Waals surface area contributed by atoms with E-state index in [1.54, 1.807) is 12.1 Å². The Balaban J connectivity index is 1.56. The maximum absolute atomic E-state index is 6.13. The van der Waals surface area contributed by atoms with Gasteiger partial charge in [0.2, 0.25) is 5.82 Å². The van der Waals surface area contributed by atoms with Crippen molar-refractivity contribution in [3.8, 4) is 5.75 Å². The Kier molecular flexibility index (Phi) is 5.00. The first-order valence-electron chi connectivity index (χ1n) is 7.14. The number of rotatable bonds is 7. The number of hydrogen-bond donors (Lipinski definition) is 0. The van der Waals surface area contributed by atoms with E-state index >= 15 is 0 Å². The molecular formula is C15H16BrClN2O3. The van der Waals surface area contributed by atoms with Gasteiger partial charge in [-0.15, -0.1) is 0 Å². The molecule has 22 heavy (non-hydrogen) atoms. The van der Waals surface area contributed by atoms with E-state index in [1.807, 2.05) is 13.0 Å². The number of halogens is 2. The summed E-state index contributed by atoms with van der Waals surface area (Å²) in [4.78, 5) is 4.29. The van der Waals surface area contributed by atoms with Crippen molar-refractivity contribution >= 4 is 27.5 Å². The summed E-state index contributed by atoms with van der Waals surface area (Å²) in [5.74, 6) is 2.23. The molecule has 5 nitrogen and oxygen atoms in total. The standard InChI is InChI=1S/C15H16BrClN2O3/c1-9(21-13-5-4-11(16)6-12(13)17)15-18-14(22-19-15)8-20-7-10-2-3-10/h4-6,9-10H,2-3,7-8H2,1H3. The van der Waals surface area contributed by atoms with E-state index in [0.29, 0.717) is 35.0 Å². The monoisotopic (exact) mass is 386 g/mol. The van der Waals surface area contributed by atoms with Crippen LogP contribution in [0, 0.1) is 5.92 Å². The Labute approximate surface area is 142 Å². The smallest absolute Gasteiger partial charge is 0.252 e. The quantitative estimate of drug-likeness (QED) is 0.697. The predicted molar refractivity (Wildman–Crippen MR) is 84.9 cm³/mol. The highest BCUT2D eigenvalue weighted by Gasteiger charge is 2.22. The summed E-state index contributed by atoms with van der Waals surface area (Å²) in [5.41, 5.74) is 0. The van der Waals surface area contributed by atoms with E-state index in [-0.39, 0.29) is 6.10 Å². The van der Waals surface area contributed by atoms with Crippen LogP contribution in [-0.2, 0) is 11.3 Å². The van der Waals surface area contributed by atoms with E-state index in [9.17, 15) is 0 Å². The van der Waals surface area contributed by atoms with Gasteiger partial charge in [-0.3, -0.25) is 0 Å². The molecule has 3 rings (SSSR count). The number of hydrogen-bond acceptors (Lipinski definition) is 5. The average Bonchev–Trinajstić information content (AvgIpc) is 3.18. The van der Waals surface area contributed by atoms with Crippen molar-refractivity contribution < 1.29 is 14.0 Å². The van der Waals surface area contributed by atoms with E-state index in [0.717, 1.165) is 11.1 Å². The normalized spacial score (nSPS) is 15.8. The first-order chi connectivity index (χ1) is 10.6. The van der Waals surface area contributed by atoms with Gasteiger partial charge in [0.05, 0.1) is 11.6 Å². The molecule has 1 aromatic heterocycles. The van der Waals surface area contributed by atoms with Crippen LogP contribution in [0.2, 0.25) is 5.02 Å². The third kappa shape index (κ3) is 4.21. The molecule has 1 fully saturated rings. The van der Waals surface area contributed by atoms with Crippen LogP contribution >= 0.6 is 27.5 Å². The second kappa shape index (κ2) is 6.98. The topological polar surface area (TPSA) is 57.4 Å². The van der Waals surface area contributed by atoms with Gasteiger partial charge in [0.1, 0.15) is 12.4 Å². The molecule has 1 aromatic carbocycles. The Hall–Kier alpha value is -1.11. The summed E-state index contributed by atoms with van der Waals surface area (Å²) in [6.45, 7) is 2.95. The van der Waals surface area contributed by atoms with E-state index in [1.165, 1.54) is 12.8 Å². The summed E-state index contributed by atoms with van der Waals surface area (Å²) < 4.78 is 17.4. The molecule has 1 atom stereocenters. The lowest BCUT2D eigenvalue weighted by atomic mass is 10.3. The van der Waals surface area contributed by atoms with Crippen LogP contribution in [0.3, 0.4) is 0 Å². The summed E-state index contributed by atoms with van der Waals surface area (Å²) >= 11 is 9.49. The molecule has 7 heteroatoms. The molecule has 118 valence electrons. The van der Waals surface area contributed by atoms with Gasteiger partial charge in [-0.25, -0.2) is 0 Å². The molecule has 1 aliphatic carbocycles. The molecule has 0 amide bonds. The maximum atomic E-state index is 6.13. The SMILES string of the molecule is CC(Oc1ccc(Br)cc1Cl)c1noc(COCC2CC2)n1. The fourth-order valence-electron chi connectivity index (χ4n) is 1.90. The predicted octanol–water partition coefficient (Wildman–Crippen LogP) is 4.55. The molecule has 1 saturated carbocycles. The van der Waals surface area contributed by atoms with E-state index in [2.05, 4.69) is 26.1 Å². The largest absolute Gasteiger partial charge is 0.481 e. The zero-order valence-electron chi connectivity index (χ0n) is 12.1. The van der Waals surface area contributed by atoms with Crippen LogP contribution in [-0.4, -0.2) is 16.7 Å². The summed E-state index contributed by atoms with van der Waals surface area (Å²) in [7, 11) is 0. The van der Waals surface area contributed by atoms with E-state index in [4.69, 9.17) is 25.6 Å². The summed E-state index contributed by atoms with van der Waals surface area (Å²) in [6, 6.07) is 5.43. The Bertz CT molecular complexity index is 645. The summed E-state index contributed by atoms with van der Waals surface area (Å²) in [6.07, 6.45) is 2.15. The van der Waals surface area contributed by atoms with Crippen molar-refractivity contribution in [1.82, 2.24) is 10.1 Å². The lowest BCUT2D eigenvalue weighted by Crippen LogP contribution is -2.06. The minimum absolute atomic E-state index is 0.343. The van der Waals surface area contributed by atoms with Gasteiger partial charge < -0.3 is 14.0 Å². The Morgan fingerprint density at radius 3 is 3.00 bits per heavy atom. The third-order valence-corrected chi connectivity index (χ3v) is 4.11. The molecule has 1 heterocycles. The average molecular weight is 388 g/mol. The second-order valence-corrected chi connectivity index (χ2v) is 6.66. The van der Waals surface area contributed by atoms with Crippen molar-refractivity contribution in [3.05, 3.63) is 39.4 Å². The highest BCUT2D eigenvalue weighted by molar-refractivity contribution is 9.10. The molecule has 0 N–H and O–H groups in total. The van der Waals surface area contributed by atoms with Crippen LogP contribution in [0.15, 0.2) is 27.2 Å². The van der Waals surface area contributed by atoms with Crippen LogP contribution in [0.5, 0.6) is 5.75 Å². The molecule has 0 bridgehead atoms. The Morgan fingerprint density at radius 1 is 1.45 bits per heavy atom. The number of aromatic nitrogens is 2. The van der Waals surface area contributed by atoms with Gasteiger partial charge in [-0.2, -0.15) is 4.98 Å². The van der Waals surface area contributed by atoms with Gasteiger partial charge in [-0.05, 0) is 43.9 Å². The first-order valence-corrected chi connectivity index (χ1v) is 8.31. The van der Waals surface area contributed by atoms with Crippen molar-refractivity contribution in [2.45, 2.75) is 32.5 Å². The third-order valence-electron chi connectivity index (χ3n) is 3.32. The lowest BCUT2D eigenvalue weighted by Gasteiger charge is -2.12. The minimum Gasteiger partial charge on any atom is -0.481 e. The summed E-state index contributed by atoms with van der Waals surface area (Å²) in [5, 5.41) is 4.46. The van der Waals surface area contributed by atoms with Crippen LogP contribution in [0.4, 0.5) is 0 Å². The molecule has 1 unspecified atom stereocenters. The molecule has 0 aliphatic heterocycles. The second-order valence-electron chi connectivity index (χ2n) is 5.34. The zero-order chi connectivity index (χ0) is 15.5. The molecule has 1 aliphatic rings. The number of ether oxygens (including phenoxy) is 2. The van der Waals surface area contributed by atoms with Crippen molar-refractivity contribution in [2.24, 2.45) is 5.92 Å². The van der Waals surface area contributed by atoms with Gasteiger partial charge >= 0.3 is 0 Å². The van der Waals surface area contributed by atoms with Crippen molar-refractivity contribution in [2.75, 3.05) is 6.61 Å². The first kappa shape index (κ1) is 15.8. The molecule has 2 aromatic rings. The van der Waals surface area contributed by atoms with Crippen molar-refractivity contribution in [1.29, 1.82) is 0 Å². The van der Waals surface area contributed by atoms with Gasteiger partial charge in [0, 0.05) is 4.47 Å².